The highest BCUT2D eigenvalue weighted by atomic mass is 16.5. The molecule has 0 aliphatic rings. The van der Waals surface area contributed by atoms with E-state index in [2.05, 4.69) is 10.3 Å². The normalized spacial score (nSPS) is 10.7. The zero-order valence-corrected chi connectivity index (χ0v) is 17.0. The van der Waals surface area contributed by atoms with Crippen molar-refractivity contribution in [2.24, 2.45) is 21.1 Å². The van der Waals surface area contributed by atoms with Crippen LogP contribution < -0.4 is 15.8 Å². The van der Waals surface area contributed by atoms with Crippen molar-refractivity contribution < 1.29 is 23.9 Å². The van der Waals surface area contributed by atoms with Gasteiger partial charge in [-0.2, -0.15) is 4.98 Å². The number of nitrogens with two attached hydrogens (primary N) is 1. The number of amides is 1. The van der Waals surface area contributed by atoms with Crippen molar-refractivity contribution >= 4 is 29.2 Å². The van der Waals surface area contributed by atoms with Crippen LogP contribution in [0.15, 0.2) is 30.7 Å². The largest absolute Gasteiger partial charge is 0.460 e. The van der Waals surface area contributed by atoms with E-state index in [9.17, 15) is 14.4 Å². The second-order valence-electron chi connectivity index (χ2n) is 6.57. The monoisotopic (exact) mass is 414 g/mol. The number of imidazole rings is 1. The minimum Gasteiger partial charge on any atom is -0.460 e. The first-order valence-electron chi connectivity index (χ1n) is 9.01. The van der Waals surface area contributed by atoms with Crippen molar-refractivity contribution in [3.63, 3.8) is 0 Å². The molecule has 3 rings (SSSR count). The fourth-order valence-corrected chi connectivity index (χ4v) is 2.87. The molecule has 30 heavy (non-hydrogen) atoms. The minimum absolute atomic E-state index is 0.0151. The fourth-order valence-electron chi connectivity index (χ4n) is 2.87. The predicted molar refractivity (Wildman–Crippen MR) is 107 cm³/mol. The maximum absolute atomic E-state index is 12.5. The SMILES string of the molecule is CCOC(=O)c1nc(OC(=O)c2cc(NC(=O)c3cc(N)cn3C)cn2C)cn1C. The third kappa shape index (κ3) is 4.19. The molecule has 11 heteroatoms. The Bertz CT molecular complexity index is 1120. The third-order valence-electron chi connectivity index (χ3n) is 4.24. The molecule has 3 N–H and O–H groups in total. The van der Waals surface area contributed by atoms with Gasteiger partial charge >= 0.3 is 11.9 Å². The fraction of sp³-hybridized carbons (Fsp3) is 0.263. The second kappa shape index (κ2) is 8.15. The summed E-state index contributed by atoms with van der Waals surface area (Å²) < 4.78 is 14.7. The van der Waals surface area contributed by atoms with Crippen molar-refractivity contribution in [2.75, 3.05) is 17.7 Å². The Labute approximate surface area is 172 Å². The average molecular weight is 414 g/mol. The zero-order valence-electron chi connectivity index (χ0n) is 17.0. The molecule has 3 heterocycles. The zero-order chi connectivity index (χ0) is 22.0. The van der Waals surface area contributed by atoms with Crippen LogP contribution in [-0.2, 0) is 25.9 Å². The van der Waals surface area contributed by atoms with Gasteiger partial charge in [-0.15, -0.1) is 0 Å². The van der Waals surface area contributed by atoms with Crippen LogP contribution >= 0.6 is 0 Å². The van der Waals surface area contributed by atoms with Crippen LogP contribution in [0.25, 0.3) is 0 Å². The first kappa shape index (κ1) is 20.7. The number of rotatable bonds is 6. The van der Waals surface area contributed by atoms with E-state index in [0.717, 1.165) is 0 Å². The molecule has 0 unspecified atom stereocenters. The van der Waals surface area contributed by atoms with Gasteiger partial charge in [-0.1, -0.05) is 0 Å². The van der Waals surface area contributed by atoms with Gasteiger partial charge in [-0.25, -0.2) is 9.59 Å². The van der Waals surface area contributed by atoms with Crippen LogP contribution in [0.4, 0.5) is 11.4 Å². The summed E-state index contributed by atoms with van der Waals surface area (Å²) in [6.45, 7) is 1.88. The Kier molecular flexibility index (Phi) is 5.63. The van der Waals surface area contributed by atoms with E-state index in [1.807, 2.05) is 0 Å². The molecule has 0 aromatic carbocycles. The summed E-state index contributed by atoms with van der Waals surface area (Å²) in [5.41, 5.74) is 7.13. The molecule has 0 spiro atoms. The van der Waals surface area contributed by atoms with Crippen molar-refractivity contribution in [1.29, 1.82) is 0 Å². The summed E-state index contributed by atoms with van der Waals surface area (Å²) in [7, 11) is 4.93. The highest BCUT2D eigenvalue weighted by molar-refractivity contribution is 6.04. The van der Waals surface area contributed by atoms with Crippen LogP contribution in [0.2, 0.25) is 0 Å². The molecule has 0 fully saturated rings. The maximum atomic E-state index is 12.5. The van der Waals surface area contributed by atoms with Crippen molar-refractivity contribution in [3.8, 4) is 5.88 Å². The Balaban J connectivity index is 1.73. The van der Waals surface area contributed by atoms with E-state index in [1.54, 1.807) is 51.1 Å². The summed E-state index contributed by atoms with van der Waals surface area (Å²) in [5, 5.41) is 2.71. The van der Waals surface area contributed by atoms with Gasteiger partial charge in [0.1, 0.15) is 11.4 Å². The highest BCUT2D eigenvalue weighted by Gasteiger charge is 2.21. The summed E-state index contributed by atoms with van der Waals surface area (Å²) in [5.74, 6) is -1.72. The molecule has 3 aromatic rings. The molecular weight excluding hydrogens is 392 g/mol. The molecule has 0 saturated heterocycles. The molecule has 0 radical (unpaired) electrons. The van der Waals surface area contributed by atoms with Gasteiger partial charge in [0.05, 0.1) is 24.2 Å². The smallest absolute Gasteiger partial charge is 0.374 e. The number of carbonyl (C=O) groups is 3. The van der Waals surface area contributed by atoms with Crippen molar-refractivity contribution in [3.05, 3.63) is 47.9 Å². The Hall–Kier alpha value is -4.02. The molecule has 0 bridgehead atoms. The number of esters is 2. The van der Waals surface area contributed by atoms with Gasteiger partial charge in [0.15, 0.2) is 0 Å². The quantitative estimate of drug-likeness (QED) is 0.581. The molecular formula is C19H22N6O5. The summed E-state index contributed by atoms with van der Waals surface area (Å²) >= 11 is 0. The first-order valence-corrected chi connectivity index (χ1v) is 9.01. The number of carbonyl (C=O) groups excluding carboxylic acids is 3. The lowest BCUT2D eigenvalue weighted by molar-refractivity contribution is 0.0505. The second-order valence-corrected chi connectivity index (χ2v) is 6.57. The van der Waals surface area contributed by atoms with Crippen LogP contribution in [0.5, 0.6) is 5.88 Å². The van der Waals surface area contributed by atoms with Crippen LogP contribution in [-0.4, -0.2) is 43.1 Å². The van der Waals surface area contributed by atoms with E-state index >= 15 is 0 Å². The van der Waals surface area contributed by atoms with Gasteiger partial charge in [0.25, 0.3) is 5.91 Å². The van der Waals surface area contributed by atoms with Crippen molar-refractivity contribution in [2.45, 2.75) is 6.92 Å². The van der Waals surface area contributed by atoms with Crippen LogP contribution in [0, 0.1) is 0 Å². The number of nitrogens with one attached hydrogen (secondary N) is 1. The van der Waals surface area contributed by atoms with Crippen LogP contribution in [0.1, 0.15) is 38.5 Å². The number of hydrogen-bond donors (Lipinski definition) is 2. The van der Waals surface area contributed by atoms with Gasteiger partial charge in [-0.05, 0) is 19.1 Å². The van der Waals surface area contributed by atoms with Crippen molar-refractivity contribution in [1.82, 2.24) is 18.7 Å². The maximum Gasteiger partial charge on any atom is 0.374 e. The number of nitrogens with zero attached hydrogens (tertiary/aromatic N) is 4. The third-order valence-corrected chi connectivity index (χ3v) is 4.24. The molecule has 11 nitrogen and oxygen atoms in total. The number of aromatic nitrogens is 4. The lowest BCUT2D eigenvalue weighted by Crippen LogP contribution is -2.15. The predicted octanol–water partition coefficient (Wildman–Crippen LogP) is 1.33. The van der Waals surface area contributed by atoms with Gasteiger partial charge in [-0.3, -0.25) is 4.79 Å². The Morgan fingerprint density at radius 1 is 1.00 bits per heavy atom. The first-order chi connectivity index (χ1) is 14.2. The topological polar surface area (TPSA) is 135 Å². The standard InChI is InChI=1S/C19H22N6O5/c1-5-29-19(28)16-22-15(10-25(16)4)30-18(27)14-7-12(9-24(14)3)21-17(26)13-6-11(20)8-23(13)2/h6-10H,5,20H2,1-4H3,(H,21,26). The average Bonchev–Trinajstić information content (AvgIpc) is 3.31. The van der Waals surface area contributed by atoms with E-state index in [1.165, 1.54) is 21.4 Å². The Morgan fingerprint density at radius 3 is 2.33 bits per heavy atom. The lowest BCUT2D eigenvalue weighted by atomic mass is 10.3. The lowest BCUT2D eigenvalue weighted by Gasteiger charge is -2.03. The molecule has 0 atom stereocenters. The van der Waals surface area contributed by atoms with E-state index in [0.29, 0.717) is 17.1 Å². The molecule has 158 valence electrons. The van der Waals surface area contributed by atoms with Gasteiger partial charge < -0.3 is 34.2 Å². The highest BCUT2D eigenvalue weighted by Crippen LogP contribution is 2.18. The minimum atomic E-state index is -0.699. The summed E-state index contributed by atoms with van der Waals surface area (Å²) in [6, 6.07) is 3.03. The number of aryl methyl sites for hydroxylation is 3. The summed E-state index contributed by atoms with van der Waals surface area (Å²) in [6.07, 6.45) is 4.60. The van der Waals surface area contributed by atoms with E-state index in [-0.39, 0.29) is 29.9 Å². The molecule has 3 aromatic heterocycles. The molecule has 1 amide bonds. The number of ether oxygens (including phenoxy) is 2. The molecule has 0 saturated carbocycles. The molecule has 0 aliphatic carbocycles. The number of hydrogen-bond acceptors (Lipinski definition) is 7. The van der Waals surface area contributed by atoms with Crippen LogP contribution in [0.3, 0.4) is 0 Å². The van der Waals surface area contributed by atoms with E-state index < -0.39 is 11.9 Å². The number of nitrogen functional groups attached to an aromatic ring is 1. The molecule has 0 aliphatic heterocycles. The van der Waals surface area contributed by atoms with Gasteiger partial charge in [0, 0.05) is 33.5 Å². The number of anilines is 2. The van der Waals surface area contributed by atoms with E-state index in [4.69, 9.17) is 15.2 Å². The van der Waals surface area contributed by atoms with Gasteiger partial charge in [0.2, 0.25) is 11.7 Å². The Morgan fingerprint density at radius 2 is 1.70 bits per heavy atom. The summed E-state index contributed by atoms with van der Waals surface area (Å²) in [4.78, 5) is 40.8.